The predicted octanol–water partition coefficient (Wildman–Crippen LogP) is 3.39. The van der Waals surface area contributed by atoms with Crippen molar-refractivity contribution in [2.45, 2.75) is 12.0 Å². The van der Waals surface area contributed by atoms with Crippen LogP contribution < -0.4 is 5.73 Å². The second kappa shape index (κ2) is 6.31. The second-order valence-corrected chi connectivity index (χ2v) is 4.98. The highest BCUT2D eigenvalue weighted by Crippen LogP contribution is 2.31. The lowest BCUT2D eigenvalue weighted by atomic mass is 9.89. The molecule has 0 amide bonds. The molecular weight excluding hydrogens is 284 g/mol. The van der Waals surface area contributed by atoms with Gasteiger partial charge in [-0.2, -0.15) is 0 Å². The van der Waals surface area contributed by atoms with Gasteiger partial charge in [-0.05, 0) is 35.4 Å². The van der Waals surface area contributed by atoms with Crippen LogP contribution in [0.15, 0.2) is 42.5 Å². The lowest BCUT2D eigenvalue weighted by Gasteiger charge is -2.22. The first kappa shape index (κ1) is 14.9. The fourth-order valence-electron chi connectivity index (χ4n) is 2.13. The maximum atomic E-state index is 13.3. The molecule has 2 rings (SSSR count). The van der Waals surface area contributed by atoms with E-state index in [2.05, 4.69) is 0 Å². The molecule has 2 unspecified atom stereocenters. The third-order valence-electron chi connectivity index (χ3n) is 3.16. The highest BCUT2D eigenvalue weighted by Gasteiger charge is 2.22. The summed E-state index contributed by atoms with van der Waals surface area (Å²) in [5, 5.41) is 10.9. The van der Waals surface area contributed by atoms with Gasteiger partial charge >= 0.3 is 0 Å². The lowest BCUT2D eigenvalue weighted by molar-refractivity contribution is 0.147. The van der Waals surface area contributed by atoms with Crippen molar-refractivity contribution >= 4 is 11.6 Å². The first-order valence-electron chi connectivity index (χ1n) is 6.11. The average Bonchev–Trinajstić information content (AvgIpc) is 2.39. The molecule has 0 fully saturated rings. The Morgan fingerprint density at radius 1 is 1.00 bits per heavy atom. The summed E-state index contributed by atoms with van der Waals surface area (Å²) in [7, 11) is 0. The molecule has 0 aliphatic heterocycles. The first-order valence-corrected chi connectivity index (χ1v) is 6.48. The van der Waals surface area contributed by atoms with Crippen LogP contribution >= 0.6 is 11.6 Å². The summed E-state index contributed by atoms with van der Waals surface area (Å²) in [6, 6.07) is 9.74. The van der Waals surface area contributed by atoms with Crippen LogP contribution in [0.1, 0.15) is 23.1 Å². The van der Waals surface area contributed by atoms with Gasteiger partial charge in [0.05, 0.1) is 6.10 Å². The number of aliphatic hydroxyl groups excluding tert-OH is 1. The van der Waals surface area contributed by atoms with Gasteiger partial charge in [0.25, 0.3) is 0 Å². The average molecular weight is 298 g/mol. The molecule has 3 N–H and O–H groups in total. The summed E-state index contributed by atoms with van der Waals surface area (Å²) < 4.78 is 26.5. The Kier molecular flexibility index (Phi) is 4.70. The molecule has 20 heavy (non-hydrogen) atoms. The first-order chi connectivity index (χ1) is 9.51. The molecule has 0 bridgehead atoms. The maximum absolute atomic E-state index is 13.3. The van der Waals surface area contributed by atoms with E-state index in [1.54, 1.807) is 24.3 Å². The quantitative estimate of drug-likeness (QED) is 0.908. The van der Waals surface area contributed by atoms with Crippen LogP contribution in [0.4, 0.5) is 8.78 Å². The van der Waals surface area contributed by atoms with Crippen LogP contribution in [-0.4, -0.2) is 11.7 Å². The second-order valence-electron chi connectivity index (χ2n) is 4.54. The Bertz CT molecular complexity index is 569. The van der Waals surface area contributed by atoms with Crippen molar-refractivity contribution in [1.29, 1.82) is 0 Å². The summed E-state index contributed by atoms with van der Waals surface area (Å²) in [5.41, 5.74) is 6.56. The molecule has 0 spiro atoms. The normalized spacial score (nSPS) is 14.1. The van der Waals surface area contributed by atoms with Gasteiger partial charge in [-0.25, -0.2) is 8.78 Å². The van der Waals surface area contributed by atoms with E-state index < -0.39 is 23.7 Å². The number of hydrogen-bond acceptors (Lipinski definition) is 2. The van der Waals surface area contributed by atoms with Gasteiger partial charge < -0.3 is 10.8 Å². The molecule has 0 aliphatic rings. The predicted molar refractivity (Wildman–Crippen MR) is 74.6 cm³/mol. The van der Waals surface area contributed by atoms with E-state index in [-0.39, 0.29) is 6.54 Å². The number of halogens is 3. The molecular formula is C15H14ClF2NO. The van der Waals surface area contributed by atoms with Crippen LogP contribution in [0.2, 0.25) is 5.02 Å². The molecule has 0 aliphatic carbocycles. The standard InChI is InChI=1S/C15H14ClF2NO/c16-11-3-1-9(2-4-11)15(20)14(8-19)10-5-12(17)7-13(18)6-10/h1-7,14-15,20H,8,19H2. The van der Waals surface area contributed by atoms with Crippen molar-refractivity contribution in [2.75, 3.05) is 6.54 Å². The van der Waals surface area contributed by atoms with Gasteiger partial charge in [0.15, 0.2) is 0 Å². The van der Waals surface area contributed by atoms with Crippen molar-refractivity contribution in [3.05, 3.63) is 70.2 Å². The molecule has 2 nitrogen and oxygen atoms in total. The van der Waals surface area contributed by atoms with E-state index in [4.69, 9.17) is 17.3 Å². The van der Waals surface area contributed by atoms with Gasteiger partial charge in [-0.3, -0.25) is 0 Å². The van der Waals surface area contributed by atoms with E-state index in [0.29, 0.717) is 16.1 Å². The van der Waals surface area contributed by atoms with Crippen LogP contribution in [0.5, 0.6) is 0 Å². The Morgan fingerprint density at radius 3 is 2.05 bits per heavy atom. The highest BCUT2D eigenvalue weighted by atomic mass is 35.5. The van der Waals surface area contributed by atoms with E-state index >= 15 is 0 Å². The van der Waals surface area contributed by atoms with Crippen LogP contribution in [0.3, 0.4) is 0 Å². The lowest BCUT2D eigenvalue weighted by Crippen LogP contribution is -2.20. The SMILES string of the molecule is NCC(c1cc(F)cc(F)c1)C(O)c1ccc(Cl)cc1. The Morgan fingerprint density at radius 2 is 1.55 bits per heavy atom. The van der Waals surface area contributed by atoms with Crippen LogP contribution in [0, 0.1) is 11.6 Å². The number of nitrogens with two attached hydrogens (primary N) is 1. The highest BCUT2D eigenvalue weighted by molar-refractivity contribution is 6.30. The van der Waals surface area contributed by atoms with Crippen LogP contribution in [-0.2, 0) is 0 Å². The van der Waals surface area contributed by atoms with Gasteiger partial charge in [0.1, 0.15) is 11.6 Å². The minimum atomic E-state index is -0.960. The van der Waals surface area contributed by atoms with Gasteiger partial charge in [0, 0.05) is 23.6 Å². The molecule has 0 aromatic heterocycles. The number of benzene rings is 2. The monoisotopic (exact) mass is 297 g/mol. The fourth-order valence-corrected chi connectivity index (χ4v) is 2.25. The molecule has 2 aromatic rings. The zero-order valence-corrected chi connectivity index (χ0v) is 11.3. The smallest absolute Gasteiger partial charge is 0.126 e. The molecule has 0 heterocycles. The van der Waals surface area contributed by atoms with Gasteiger partial charge in [-0.15, -0.1) is 0 Å². The molecule has 5 heteroatoms. The molecule has 2 atom stereocenters. The Labute approximate surface area is 120 Å². The Hall–Kier alpha value is -1.49. The largest absolute Gasteiger partial charge is 0.388 e. The number of rotatable bonds is 4. The van der Waals surface area contributed by atoms with E-state index in [9.17, 15) is 13.9 Å². The Balaban J connectivity index is 2.33. The van der Waals surface area contributed by atoms with Gasteiger partial charge in [0.2, 0.25) is 0 Å². The topological polar surface area (TPSA) is 46.2 Å². The molecule has 106 valence electrons. The molecule has 0 saturated heterocycles. The summed E-state index contributed by atoms with van der Waals surface area (Å²) in [5.74, 6) is -1.98. The van der Waals surface area contributed by atoms with Crippen molar-refractivity contribution in [2.24, 2.45) is 5.73 Å². The maximum Gasteiger partial charge on any atom is 0.126 e. The summed E-state index contributed by atoms with van der Waals surface area (Å²) >= 11 is 5.78. The third kappa shape index (κ3) is 3.33. The van der Waals surface area contributed by atoms with Crippen LogP contribution in [0.25, 0.3) is 0 Å². The van der Waals surface area contributed by atoms with Crippen molar-refractivity contribution in [3.63, 3.8) is 0 Å². The summed E-state index contributed by atoms with van der Waals surface area (Å²) in [6.07, 6.45) is -0.960. The third-order valence-corrected chi connectivity index (χ3v) is 3.41. The van der Waals surface area contributed by atoms with E-state index in [1.165, 1.54) is 12.1 Å². The van der Waals surface area contributed by atoms with E-state index in [1.807, 2.05) is 0 Å². The molecule has 0 saturated carbocycles. The number of hydrogen-bond donors (Lipinski definition) is 2. The zero-order valence-electron chi connectivity index (χ0n) is 10.6. The number of aliphatic hydroxyl groups is 1. The summed E-state index contributed by atoms with van der Waals surface area (Å²) in [4.78, 5) is 0. The van der Waals surface area contributed by atoms with E-state index in [0.717, 1.165) is 6.07 Å². The van der Waals surface area contributed by atoms with Gasteiger partial charge in [-0.1, -0.05) is 23.7 Å². The molecule has 0 radical (unpaired) electrons. The van der Waals surface area contributed by atoms with Crippen molar-refractivity contribution in [3.8, 4) is 0 Å². The molecule has 2 aromatic carbocycles. The summed E-state index contributed by atoms with van der Waals surface area (Å²) in [6.45, 7) is 0.0622. The minimum absolute atomic E-state index is 0.0622. The van der Waals surface area contributed by atoms with Crippen molar-refractivity contribution < 1.29 is 13.9 Å². The van der Waals surface area contributed by atoms with Crippen molar-refractivity contribution in [1.82, 2.24) is 0 Å². The fraction of sp³-hybridized carbons (Fsp3) is 0.200. The zero-order chi connectivity index (χ0) is 14.7. The minimum Gasteiger partial charge on any atom is -0.388 e.